The van der Waals surface area contributed by atoms with Gasteiger partial charge in [-0.3, -0.25) is 4.79 Å². The molecule has 1 aliphatic rings. The lowest BCUT2D eigenvalue weighted by molar-refractivity contribution is -0.122. The van der Waals surface area contributed by atoms with Crippen molar-refractivity contribution in [1.29, 1.82) is 0 Å². The van der Waals surface area contributed by atoms with Crippen LogP contribution >= 0.6 is 0 Å². The van der Waals surface area contributed by atoms with Crippen molar-refractivity contribution in [2.24, 2.45) is 5.16 Å². The van der Waals surface area contributed by atoms with Gasteiger partial charge in [0, 0.05) is 12.8 Å². The van der Waals surface area contributed by atoms with Crippen molar-refractivity contribution < 1.29 is 23.5 Å². The van der Waals surface area contributed by atoms with Crippen molar-refractivity contribution >= 4 is 12.1 Å². The maximum Gasteiger partial charge on any atom is 0.258 e. The third-order valence-corrected chi connectivity index (χ3v) is 4.72. The average Bonchev–Trinajstić information content (AvgIpc) is 2.81. The monoisotopic (exact) mass is 426 g/mol. The molecule has 1 heterocycles. The molecule has 0 saturated carbocycles. The average molecular weight is 426 g/mol. The van der Waals surface area contributed by atoms with E-state index in [4.69, 9.17) is 14.3 Å². The molecule has 0 saturated heterocycles. The first-order chi connectivity index (χ1) is 15.2. The number of ether oxygens (including phenoxy) is 2. The van der Waals surface area contributed by atoms with Gasteiger partial charge in [-0.15, -0.1) is 0 Å². The maximum atomic E-state index is 12.8. The van der Waals surface area contributed by atoms with Crippen LogP contribution in [-0.4, -0.2) is 38.5 Å². The molecule has 0 spiro atoms. The zero-order chi connectivity index (χ0) is 21.7. The fourth-order valence-electron chi connectivity index (χ4n) is 2.92. The van der Waals surface area contributed by atoms with Gasteiger partial charge in [-0.05, 0) is 54.7 Å². The number of nitrogens with zero attached hydrogens (tertiary/aromatic N) is 1. The van der Waals surface area contributed by atoms with Crippen molar-refractivity contribution in [2.45, 2.75) is 25.9 Å². The summed E-state index contributed by atoms with van der Waals surface area (Å²) >= 11 is 0. The Morgan fingerprint density at radius 3 is 2.65 bits per heavy atom. The van der Waals surface area contributed by atoms with E-state index in [-0.39, 0.29) is 18.3 Å². The number of hydrogen-bond acceptors (Lipinski definition) is 5. The molecule has 0 radical (unpaired) electrons. The topological polar surface area (TPSA) is 69.2 Å². The van der Waals surface area contributed by atoms with Crippen molar-refractivity contribution in [3.8, 4) is 5.75 Å². The second-order valence-electron chi connectivity index (χ2n) is 7.12. The minimum Gasteiger partial charge on any atom is -0.484 e. The number of rotatable bonds is 11. The molecule has 6 nitrogen and oxygen atoms in total. The smallest absolute Gasteiger partial charge is 0.258 e. The number of halogens is 1. The summed E-state index contributed by atoms with van der Waals surface area (Å²) in [6, 6.07) is 13.8. The molecule has 0 aromatic heterocycles. The predicted octanol–water partition coefficient (Wildman–Crippen LogP) is 3.80. The van der Waals surface area contributed by atoms with Gasteiger partial charge in [0.05, 0.1) is 13.2 Å². The molecule has 1 N–H and O–H groups in total. The first-order valence-electron chi connectivity index (χ1n) is 10.3. The summed E-state index contributed by atoms with van der Waals surface area (Å²) in [7, 11) is 0. The Balaban J connectivity index is 1.29. The van der Waals surface area contributed by atoms with Crippen LogP contribution in [0.25, 0.3) is 0 Å². The number of carbonyl (C=O) groups is 1. The van der Waals surface area contributed by atoms with Crippen LogP contribution in [0.4, 0.5) is 4.39 Å². The Kier molecular flexibility index (Phi) is 9.07. The summed E-state index contributed by atoms with van der Waals surface area (Å²) < 4.78 is 23.6. The first kappa shape index (κ1) is 22.5. The molecule has 0 bridgehead atoms. The third-order valence-electron chi connectivity index (χ3n) is 4.72. The number of nitrogens with one attached hydrogen (secondary N) is 1. The molecule has 0 atom stereocenters. The summed E-state index contributed by atoms with van der Waals surface area (Å²) in [4.78, 5) is 17.1. The Bertz CT molecular complexity index is 879. The van der Waals surface area contributed by atoms with Crippen LogP contribution in [-0.2, 0) is 27.4 Å². The Morgan fingerprint density at radius 1 is 1.13 bits per heavy atom. The van der Waals surface area contributed by atoms with E-state index in [2.05, 4.69) is 10.5 Å². The fourth-order valence-corrected chi connectivity index (χ4v) is 2.92. The molecular weight excluding hydrogens is 399 g/mol. The minimum atomic E-state index is -0.268. The van der Waals surface area contributed by atoms with Gasteiger partial charge in [0.2, 0.25) is 0 Å². The van der Waals surface area contributed by atoms with E-state index in [1.54, 1.807) is 18.3 Å². The molecule has 0 aliphatic carbocycles. The van der Waals surface area contributed by atoms with Gasteiger partial charge in [0.1, 0.15) is 18.2 Å². The number of oxime groups is 1. The summed E-state index contributed by atoms with van der Waals surface area (Å²) in [5.41, 5.74) is 3.19. The zero-order valence-electron chi connectivity index (χ0n) is 17.4. The Morgan fingerprint density at radius 2 is 1.90 bits per heavy atom. The standard InChI is InChI=1S/C24H27FN2O4/c25-22-7-3-21(4-8-22)17-31-27-13-1-2-19-5-9-23(10-6-19)30-18-24(28)26-16-20-11-14-29-15-12-20/h3-11,13H,1-2,12,14-18H2,(H,26,28). The molecule has 164 valence electrons. The van der Waals surface area contributed by atoms with Gasteiger partial charge >= 0.3 is 0 Å². The van der Waals surface area contributed by atoms with E-state index in [0.717, 1.165) is 30.4 Å². The van der Waals surface area contributed by atoms with E-state index in [1.165, 1.54) is 17.7 Å². The number of aryl methyl sites for hydroxylation is 1. The third kappa shape index (κ3) is 8.60. The SMILES string of the molecule is O=C(COc1ccc(CCC=NOCc2ccc(F)cc2)cc1)NCC1=CCOCC1. The molecular formula is C24H27FN2O4. The fraction of sp³-hybridized carbons (Fsp3) is 0.333. The van der Waals surface area contributed by atoms with Gasteiger partial charge in [-0.25, -0.2) is 4.39 Å². The number of carbonyl (C=O) groups excluding carboxylic acids is 1. The molecule has 31 heavy (non-hydrogen) atoms. The maximum absolute atomic E-state index is 12.8. The molecule has 0 fully saturated rings. The lowest BCUT2D eigenvalue weighted by atomic mass is 10.1. The van der Waals surface area contributed by atoms with E-state index < -0.39 is 0 Å². The Hall–Kier alpha value is -3.19. The van der Waals surface area contributed by atoms with E-state index >= 15 is 0 Å². The summed E-state index contributed by atoms with van der Waals surface area (Å²) in [5.74, 6) is 0.240. The van der Waals surface area contributed by atoms with Crippen molar-refractivity contribution in [2.75, 3.05) is 26.4 Å². The second kappa shape index (κ2) is 12.5. The number of benzene rings is 2. The summed E-state index contributed by atoms with van der Waals surface area (Å²) in [5, 5.41) is 6.78. The van der Waals surface area contributed by atoms with Crippen LogP contribution in [0.2, 0.25) is 0 Å². The summed E-state index contributed by atoms with van der Waals surface area (Å²) in [6.45, 7) is 2.16. The van der Waals surface area contributed by atoms with E-state index in [9.17, 15) is 9.18 Å². The highest BCUT2D eigenvalue weighted by Crippen LogP contribution is 2.13. The molecule has 7 heteroatoms. The van der Waals surface area contributed by atoms with Crippen molar-refractivity contribution in [3.05, 3.63) is 77.1 Å². The first-order valence-corrected chi connectivity index (χ1v) is 10.3. The number of amides is 1. The van der Waals surface area contributed by atoms with Crippen LogP contribution in [0.15, 0.2) is 65.3 Å². The minimum absolute atomic E-state index is 0.0127. The van der Waals surface area contributed by atoms with Crippen LogP contribution in [0.3, 0.4) is 0 Å². The van der Waals surface area contributed by atoms with Gasteiger partial charge < -0.3 is 19.6 Å². The lowest BCUT2D eigenvalue weighted by Crippen LogP contribution is -2.31. The largest absolute Gasteiger partial charge is 0.484 e. The quantitative estimate of drug-likeness (QED) is 0.337. The predicted molar refractivity (Wildman–Crippen MR) is 116 cm³/mol. The normalized spacial score (nSPS) is 13.6. The van der Waals surface area contributed by atoms with E-state index in [1.807, 2.05) is 30.3 Å². The number of hydrogen-bond donors (Lipinski definition) is 1. The van der Waals surface area contributed by atoms with Gasteiger partial charge in [0.15, 0.2) is 6.61 Å². The lowest BCUT2D eigenvalue weighted by Gasteiger charge is -2.14. The highest BCUT2D eigenvalue weighted by atomic mass is 19.1. The van der Waals surface area contributed by atoms with Crippen LogP contribution in [0.1, 0.15) is 24.0 Å². The van der Waals surface area contributed by atoms with Crippen molar-refractivity contribution in [1.82, 2.24) is 5.32 Å². The molecule has 3 rings (SSSR count). The molecule has 1 aliphatic heterocycles. The van der Waals surface area contributed by atoms with Gasteiger partial charge in [-0.1, -0.05) is 41.1 Å². The van der Waals surface area contributed by atoms with Crippen LogP contribution < -0.4 is 10.1 Å². The van der Waals surface area contributed by atoms with Gasteiger partial charge in [-0.2, -0.15) is 0 Å². The molecule has 2 aromatic rings. The summed E-state index contributed by atoms with van der Waals surface area (Å²) in [6.07, 6.45) is 6.11. The second-order valence-corrected chi connectivity index (χ2v) is 7.12. The molecule has 0 unspecified atom stereocenters. The van der Waals surface area contributed by atoms with Crippen LogP contribution in [0, 0.1) is 5.82 Å². The highest BCUT2D eigenvalue weighted by molar-refractivity contribution is 5.77. The van der Waals surface area contributed by atoms with Gasteiger partial charge in [0.25, 0.3) is 5.91 Å². The Labute approximate surface area is 181 Å². The zero-order valence-corrected chi connectivity index (χ0v) is 17.4. The molecule has 1 amide bonds. The van der Waals surface area contributed by atoms with Crippen molar-refractivity contribution in [3.63, 3.8) is 0 Å². The molecule has 2 aromatic carbocycles. The van der Waals surface area contributed by atoms with E-state index in [0.29, 0.717) is 32.1 Å². The van der Waals surface area contributed by atoms with Crippen LogP contribution in [0.5, 0.6) is 5.75 Å². The highest BCUT2D eigenvalue weighted by Gasteiger charge is 2.07.